The SMILES string of the molecule is CC(=O)N(c1cc(NC(=O)Cc2cccc(C(F)(F)F)c2Cl)ccn1)c1cc2ccnn2cc1F. The summed E-state index contributed by atoms with van der Waals surface area (Å²) in [7, 11) is 0. The number of nitrogens with one attached hydrogen (secondary N) is 1. The second-order valence-electron chi connectivity index (χ2n) is 7.47. The Bertz CT molecular complexity index is 1440. The third kappa shape index (κ3) is 5.09. The van der Waals surface area contributed by atoms with Crippen molar-refractivity contribution in [3.8, 4) is 0 Å². The number of benzene rings is 1. The summed E-state index contributed by atoms with van der Waals surface area (Å²) in [4.78, 5) is 30.1. The highest BCUT2D eigenvalue weighted by Gasteiger charge is 2.34. The number of anilines is 3. The first-order valence-electron chi connectivity index (χ1n) is 10.1. The van der Waals surface area contributed by atoms with Crippen molar-refractivity contribution in [3.63, 3.8) is 0 Å². The van der Waals surface area contributed by atoms with Crippen LogP contribution in [-0.2, 0) is 22.2 Å². The van der Waals surface area contributed by atoms with Gasteiger partial charge in [0, 0.05) is 31.1 Å². The minimum absolute atomic E-state index is 0.00480. The minimum atomic E-state index is -4.66. The van der Waals surface area contributed by atoms with Crippen LogP contribution < -0.4 is 10.2 Å². The molecule has 0 radical (unpaired) electrons. The summed E-state index contributed by atoms with van der Waals surface area (Å²) in [5.41, 5.74) is -0.382. The number of halogens is 5. The molecule has 0 aliphatic heterocycles. The van der Waals surface area contributed by atoms with Gasteiger partial charge in [0.05, 0.1) is 34.4 Å². The van der Waals surface area contributed by atoms with Crippen LogP contribution in [0.4, 0.5) is 34.8 Å². The Morgan fingerprint density at radius 2 is 1.91 bits per heavy atom. The fourth-order valence-corrected chi connectivity index (χ4v) is 3.79. The minimum Gasteiger partial charge on any atom is -0.326 e. The molecule has 4 rings (SSSR count). The third-order valence-corrected chi connectivity index (χ3v) is 5.46. The van der Waals surface area contributed by atoms with Crippen molar-refractivity contribution >= 4 is 46.1 Å². The Labute approximate surface area is 200 Å². The number of hydrogen-bond acceptors (Lipinski definition) is 4. The summed E-state index contributed by atoms with van der Waals surface area (Å²) in [5.74, 6) is -1.90. The molecule has 0 spiro atoms. The zero-order valence-corrected chi connectivity index (χ0v) is 18.7. The molecule has 0 atom stereocenters. The molecule has 0 aliphatic carbocycles. The number of amides is 2. The van der Waals surface area contributed by atoms with Crippen LogP contribution in [0.25, 0.3) is 5.52 Å². The summed E-state index contributed by atoms with van der Waals surface area (Å²) in [6.45, 7) is 1.22. The second-order valence-corrected chi connectivity index (χ2v) is 7.84. The normalized spacial score (nSPS) is 11.5. The Morgan fingerprint density at radius 1 is 1.14 bits per heavy atom. The smallest absolute Gasteiger partial charge is 0.326 e. The van der Waals surface area contributed by atoms with Crippen LogP contribution in [0.3, 0.4) is 0 Å². The lowest BCUT2D eigenvalue weighted by Crippen LogP contribution is -2.25. The van der Waals surface area contributed by atoms with Crippen LogP contribution in [0.2, 0.25) is 5.02 Å². The van der Waals surface area contributed by atoms with Crippen molar-refractivity contribution in [2.24, 2.45) is 0 Å². The Balaban J connectivity index is 1.59. The van der Waals surface area contributed by atoms with Crippen LogP contribution in [0, 0.1) is 5.82 Å². The van der Waals surface area contributed by atoms with Gasteiger partial charge in [0.1, 0.15) is 5.82 Å². The molecule has 7 nitrogen and oxygen atoms in total. The number of hydrogen-bond donors (Lipinski definition) is 1. The zero-order chi connectivity index (χ0) is 25.3. The molecule has 0 aliphatic rings. The van der Waals surface area contributed by atoms with Crippen LogP contribution >= 0.6 is 11.6 Å². The summed E-state index contributed by atoms with van der Waals surface area (Å²) in [6.07, 6.45) is -1.20. The first kappa shape index (κ1) is 24.1. The first-order valence-corrected chi connectivity index (χ1v) is 10.5. The van der Waals surface area contributed by atoms with Gasteiger partial charge in [-0.25, -0.2) is 13.9 Å². The van der Waals surface area contributed by atoms with E-state index < -0.39 is 40.8 Å². The molecule has 0 saturated heterocycles. The van der Waals surface area contributed by atoms with Gasteiger partial charge in [-0.1, -0.05) is 23.7 Å². The van der Waals surface area contributed by atoms with E-state index in [2.05, 4.69) is 15.4 Å². The quantitative estimate of drug-likeness (QED) is 0.368. The Hall–Kier alpha value is -3.99. The van der Waals surface area contributed by atoms with Gasteiger partial charge in [0.15, 0.2) is 5.82 Å². The van der Waals surface area contributed by atoms with Gasteiger partial charge in [-0.05, 0) is 29.8 Å². The average molecular weight is 506 g/mol. The van der Waals surface area contributed by atoms with E-state index in [9.17, 15) is 27.2 Å². The zero-order valence-electron chi connectivity index (χ0n) is 18.0. The van der Waals surface area contributed by atoms with Crippen molar-refractivity contribution in [3.05, 3.63) is 83.0 Å². The van der Waals surface area contributed by atoms with E-state index >= 15 is 0 Å². The lowest BCUT2D eigenvalue weighted by Gasteiger charge is -2.21. The number of carbonyl (C=O) groups excluding carboxylic acids is 2. The van der Waals surface area contributed by atoms with Gasteiger partial charge < -0.3 is 5.32 Å². The molecular weight excluding hydrogens is 490 g/mol. The molecule has 2 amide bonds. The van der Waals surface area contributed by atoms with Gasteiger partial charge in [0.2, 0.25) is 11.8 Å². The van der Waals surface area contributed by atoms with E-state index in [0.717, 1.165) is 17.2 Å². The van der Waals surface area contributed by atoms with Gasteiger partial charge in [0.25, 0.3) is 0 Å². The molecule has 0 unspecified atom stereocenters. The van der Waals surface area contributed by atoms with E-state index in [1.54, 1.807) is 6.07 Å². The number of rotatable bonds is 5. The molecule has 12 heteroatoms. The molecule has 1 aromatic carbocycles. The lowest BCUT2D eigenvalue weighted by molar-refractivity contribution is -0.137. The van der Waals surface area contributed by atoms with Crippen LogP contribution in [0.15, 0.2) is 61.1 Å². The summed E-state index contributed by atoms with van der Waals surface area (Å²) < 4.78 is 55.3. The van der Waals surface area contributed by atoms with Crippen LogP contribution in [-0.4, -0.2) is 26.4 Å². The molecule has 0 fully saturated rings. The summed E-state index contributed by atoms with van der Waals surface area (Å²) in [5, 5.41) is 5.92. The van der Waals surface area contributed by atoms with Gasteiger partial charge in [-0.3, -0.25) is 14.5 Å². The van der Waals surface area contributed by atoms with Crippen molar-refractivity contribution < 1.29 is 27.2 Å². The summed E-state index contributed by atoms with van der Waals surface area (Å²) >= 11 is 5.86. The monoisotopic (exact) mass is 505 g/mol. The molecule has 3 aromatic heterocycles. The van der Waals surface area contributed by atoms with E-state index in [0.29, 0.717) is 5.52 Å². The first-order chi connectivity index (χ1) is 16.5. The van der Waals surface area contributed by atoms with E-state index in [1.165, 1.54) is 54.2 Å². The number of fused-ring (bicyclic) bond motifs is 1. The standard InChI is InChI=1S/C23H16ClF4N5O2/c1-13(34)33(19-11-16-6-8-30-32(16)12-18(19)25)20-10-15(5-7-29-20)31-21(35)9-14-3-2-4-17(22(14)24)23(26,27)28/h2-8,10-12H,9H2,1H3,(H,29,31,35). The maximum absolute atomic E-state index is 14.8. The average Bonchev–Trinajstić information content (AvgIpc) is 3.22. The largest absolute Gasteiger partial charge is 0.417 e. The summed E-state index contributed by atoms with van der Waals surface area (Å²) in [6, 6.07) is 9.13. The number of nitrogens with zero attached hydrogens (tertiary/aromatic N) is 4. The van der Waals surface area contributed by atoms with E-state index in [4.69, 9.17) is 11.6 Å². The highest BCUT2D eigenvalue weighted by molar-refractivity contribution is 6.32. The molecule has 4 aromatic rings. The third-order valence-electron chi connectivity index (χ3n) is 5.02. The fraction of sp³-hybridized carbons (Fsp3) is 0.130. The van der Waals surface area contributed by atoms with E-state index in [-0.39, 0.29) is 22.8 Å². The van der Waals surface area contributed by atoms with Crippen molar-refractivity contribution in [2.75, 3.05) is 10.2 Å². The van der Waals surface area contributed by atoms with Crippen LogP contribution in [0.1, 0.15) is 18.1 Å². The predicted molar refractivity (Wildman–Crippen MR) is 121 cm³/mol. The van der Waals surface area contributed by atoms with Gasteiger partial charge >= 0.3 is 6.18 Å². The molecule has 180 valence electrons. The predicted octanol–water partition coefficient (Wildman–Crippen LogP) is 5.41. The van der Waals surface area contributed by atoms with Gasteiger partial charge in [-0.2, -0.15) is 18.3 Å². The number of carbonyl (C=O) groups is 2. The molecule has 35 heavy (non-hydrogen) atoms. The van der Waals surface area contributed by atoms with Crippen molar-refractivity contribution in [1.82, 2.24) is 14.6 Å². The highest BCUT2D eigenvalue weighted by atomic mass is 35.5. The fourth-order valence-electron chi connectivity index (χ4n) is 3.49. The van der Waals surface area contributed by atoms with Gasteiger partial charge in [-0.15, -0.1) is 0 Å². The molecule has 0 bridgehead atoms. The molecule has 0 saturated carbocycles. The molecule has 1 N–H and O–H groups in total. The van der Waals surface area contributed by atoms with Crippen molar-refractivity contribution in [2.45, 2.75) is 19.5 Å². The highest BCUT2D eigenvalue weighted by Crippen LogP contribution is 2.36. The van der Waals surface area contributed by atoms with Crippen LogP contribution in [0.5, 0.6) is 0 Å². The molecular formula is C23H16ClF4N5O2. The van der Waals surface area contributed by atoms with Crippen molar-refractivity contribution in [1.29, 1.82) is 0 Å². The topological polar surface area (TPSA) is 79.6 Å². The Kier molecular flexibility index (Phi) is 6.44. The number of pyridine rings is 2. The maximum Gasteiger partial charge on any atom is 0.417 e. The second kappa shape index (κ2) is 9.34. The Morgan fingerprint density at radius 3 is 2.63 bits per heavy atom. The van der Waals surface area contributed by atoms with E-state index in [1.807, 2.05) is 0 Å². The lowest BCUT2D eigenvalue weighted by atomic mass is 10.1. The number of aromatic nitrogens is 3. The number of alkyl halides is 3. The molecule has 3 heterocycles. The maximum atomic E-state index is 14.8.